The van der Waals surface area contributed by atoms with E-state index in [1.807, 2.05) is 67.3 Å². The van der Waals surface area contributed by atoms with Crippen molar-refractivity contribution >= 4 is 41.6 Å². The third-order valence-corrected chi connectivity index (χ3v) is 11.2. The van der Waals surface area contributed by atoms with Gasteiger partial charge in [-0.25, -0.2) is 0 Å². The SMILES string of the molecule is CCN(Cc1cccc(S(=O)(=O)O)c1)c1ccc(C(=C2C=CC(N(CC)Cc3cccc(S(=O)(=O)O)c3)C=C2)c2ccccc2S(=O)(=O)O)cc1.[H-].[H-].[Na+].[Na+]. The first-order valence-electron chi connectivity index (χ1n) is 16.0. The molecule has 0 atom stereocenters. The predicted molar refractivity (Wildman–Crippen MR) is 198 cm³/mol. The van der Waals surface area contributed by atoms with Crippen LogP contribution in [-0.4, -0.2) is 62.9 Å². The molecule has 53 heavy (non-hydrogen) atoms. The number of anilines is 1. The van der Waals surface area contributed by atoms with Gasteiger partial charge in [0.1, 0.15) is 4.90 Å². The Labute approximate surface area is 358 Å². The van der Waals surface area contributed by atoms with E-state index in [2.05, 4.69) is 4.90 Å². The molecule has 3 N–H and O–H groups in total. The summed E-state index contributed by atoms with van der Waals surface area (Å²) in [7, 11) is -13.3. The van der Waals surface area contributed by atoms with Gasteiger partial charge in [0.15, 0.2) is 0 Å². The quantitative estimate of drug-likeness (QED) is 0.127. The molecule has 16 heteroatoms. The van der Waals surface area contributed by atoms with Gasteiger partial charge in [0.2, 0.25) is 0 Å². The van der Waals surface area contributed by atoms with E-state index in [1.165, 1.54) is 36.4 Å². The molecule has 0 saturated heterocycles. The van der Waals surface area contributed by atoms with Gasteiger partial charge in [0.25, 0.3) is 30.4 Å². The second kappa shape index (κ2) is 19.0. The minimum absolute atomic E-state index is 0. The Morgan fingerprint density at radius 1 is 0.642 bits per heavy atom. The van der Waals surface area contributed by atoms with Crippen LogP contribution in [0.25, 0.3) is 5.57 Å². The van der Waals surface area contributed by atoms with E-state index in [4.69, 9.17) is 0 Å². The fraction of sp³-hybridized carbons (Fsp3) is 0.189. The Kier molecular flexibility index (Phi) is 16.1. The second-order valence-electron chi connectivity index (χ2n) is 11.9. The smallest absolute Gasteiger partial charge is 1.00 e. The summed E-state index contributed by atoms with van der Waals surface area (Å²) in [5.74, 6) is 0. The third kappa shape index (κ3) is 11.6. The van der Waals surface area contributed by atoms with Crippen molar-refractivity contribution in [3.8, 4) is 0 Å². The van der Waals surface area contributed by atoms with E-state index in [9.17, 15) is 38.9 Å². The van der Waals surface area contributed by atoms with Crippen LogP contribution in [-0.2, 0) is 43.4 Å². The first-order valence-corrected chi connectivity index (χ1v) is 20.3. The molecular formula is C37H40N2Na2O9S3. The molecule has 5 rings (SSSR count). The van der Waals surface area contributed by atoms with Gasteiger partial charge in [-0.3, -0.25) is 18.6 Å². The van der Waals surface area contributed by atoms with Crippen molar-refractivity contribution in [1.82, 2.24) is 4.90 Å². The summed E-state index contributed by atoms with van der Waals surface area (Å²) in [5.41, 5.74) is 4.43. The van der Waals surface area contributed by atoms with Crippen LogP contribution >= 0.6 is 0 Å². The number of rotatable bonds is 13. The fourth-order valence-corrected chi connectivity index (χ4v) is 7.83. The molecule has 0 fully saturated rings. The van der Waals surface area contributed by atoms with Gasteiger partial charge in [-0.1, -0.05) is 85.8 Å². The summed E-state index contributed by atoms with van der Waals surface area (Å²) < 4.78 is 101. The average Bonchev–Trinajstić information content (AvgIpc) is 3.10. The Bertz CT molecular complexity index is 2340. The zero-order valence-corrected chi connectivity index (χ0v) is 36.3. The largest absolute Gasteiger partial charge is 1.00 e. The van der Waals surface area contributed by atoms with Crippen LogP contribution in [0.1, 0.15) is 39.0 Å². The number of hydrogen-bond donors (Lipinski definition) is 3. The van der Waals surface area contributed by atoms with Gasteiger partial charge < -0.3 is 7.75 Å². The van der Waals surface area contributed by atoms with E-state index in [0.29, 0.717) is 59.6 Å². The van der Waals surface area contributed by atoms with E-state index in [0.717, 1.165) is 5.69 Å². The molecule has 0 radical (unpaired) electrons. The normalized spacial score (nSPS) is 14.4. The molecule has 1 aliphatic rings. The van der Waals surface area contributed by atoms with E-state index >= 15 is 0 Å². The molecule has 11 nitrogen and oxygen atoms in total. The molecule has 0 saturated carbocycles. The van der Waals surface area contributed by atoms with Crippen molar-refractivity contribution in [2.45, 2.75) is 47.7 Å². The monoisotopic (exact) mass is 798 g/mol. The molecule has 4 aromatic rings. The number of hydrogen-bond acceptors (Lipinski definition) is 8. The van der Waals surface area contributed by atoms with Gasteiger partial charge in [-0.15, -0.1) is 0 Å². The Morgan fingerprint density at radius 3 is 1.66 bits per heavy atom. The maximum atomic E-state index is 12.5. The standard InChI is InChI=1S/C37H38N2O9S3.2Na.2H/c1-3-38(25-27-9-7-11-33(23-27)49(40,41)42)31-19-15-29(16-20-31)37(35-13-5-6-14-36(35)51(46,47)48)30-17-21-32(22-18-30)39(4-2)26-28-10-8-12-34(24-28)50(43,44)45;;;;/h5-24,31H,3-4,25-26H2,1-2H3,(H,40,41,42)(H,43,44,45)(H,46,47,48);;;;/q;2*+1;2*-1. The van der Waals surface area contributed by atoms with Crippen LogP contribution < -0.4 is 64.0 Å². The van der Waals surface area contributed by atoms with Gasteiger partial charge in [0.05, 0.1) is 9.79 Å². The Hall–Kier alpha value is -2.41. The zero-order valence-electron chi connectivity index (χ0n) is 31.9. The number of allylic oxidation sites excluding steroid dienone is 3. The molecule has 1 aliphatic carbocycles. The molecule has 0 aliphatic heterocycles. The van der Waals surface area contributed by atoms with Crippen LogP contribution in [0.2, 0.25) is 0 Å². The maximum absolute atomic E-state index is 12.5. The van der Waals surface area contributed by atoms with Gasteiger partial charge in [0, 0.05) is 36.9 Å². The van der Waals surface area contributed by atoms with E-state index < -0.39 is 30.4 Å². The molecular weight excluding hydrogens is 759 g/mol. The van der Waals surface area contributed by atoms with Crippen molar-refractivity contribution in [1.29, 1.82) is 0 Å². The summed E-state index contributed by atoms with van der Waals surface area (Å²) in [6.45, 7) is 5.87. The zero-order chi connectivity index (χ0) is 37.0. The molecule has 0 spiro atoms. The van der Waals surface area contributed by atoms with Crippen molar-refractivity contribution in [3.05, 3.63) is 149 Å². The summed E-state index contributed by atoms with van der Waals surface area (Å²) in [4.78, 5) is 3.49. The molecule has 272 valence electrons. The Balaban J connectivity index is 0.00000378. The Morgan fingerprint density at radius 2 is 1.17 bits per heavy atom. The summed E-state index contributed by atoms with van der Waals surface area (Å²) in [6, 6.07) is 25.7. The number of likely N-dealkylation sites (N-methyl/N-ethyl adjacent to an activating group) is 1. The first kappa shape index (κ1) is 45.0. The van der Waals surface area contributed by atoms with Crippen LogP contribution in [0.4, 0.5) is 5.69 Å². The summed E-state index contributed by atoms with van der Waals surface area (Å²) >= 11 is 0. The maximum Gasteiger partial charge on any atom is 1.00 e. The van der Waals surface area contributed by atoms with Gasteiger partial charge >= 0.3 is 59.1 Å². The van der Waals surface area contributed by atoms with Crippen LogP contribution in [0.3, 0.4) is 0 Å². The summed E-state index contributed by atoms with van der Waals surface area (Å²) in [6.07, 6.45) is 7.67. The van der Waals surface area contributed by atoms with Gasteiger partial charge in [-0.05, 0) is 83.8 Å². The van der Waals surface area contributed by atoms with Crippen molar-refractivity contribution in [3.63, 3.8) is 0 Å². The fourth-order valence-electron chi connectivity index (χ4n) is 6.03. The minimum atomic E-state index is -4.60. The van der Waals surface area contributed by atoms with Crippen LogP contribution in [0.5, 0.6) is 0 Å². The van der Waals surface area contributed by atoms with Crippen molar-refractivity contribution in [2.75, 3.05) is 18.0 Å². The van der Waals surface area contributed by atoms with Crippen molar-refractivity contribution in [2.24, 2.45) is 0 Å². The number of benzene rings is 4. The average molecular weight is 799 g/mol. The molecule has 0 aromatic heterocycles. The predicted octanol–water partition coefficient (Wildman–Crippen LogP) is 0.505. The van der Waals surface area contributed by atoms with E-state index in [1.54, 1.807) is 36.4 Å². The topological polar surface area (TPSA) is 170 Å². The third-order valence-electron chi connectivity index (χ3n) is 8.55. The first-order chi connectivity index (χ1) is 24.1. The number of nitrogens with zero attached hydrogens (tertiary/aromatic N) is 2. The molecule has 0 amide bonds. The summed E-state index contributed by atoms with van der Waals surface area (Å²) in [5, 5.41) is 0. The minimum Gasteiger partial charge on any atom is -1.00 e. The van der Waals surface area contributed by atoms with Gasteiger partial charge in [-0.2, -0.15) is 25.3 Å². The molecule has 0 heterocycles. The second-order valence-corrected chi connectivity index (χ2v) is 16.1. The molecule has 0 unspecified atom stereocenters. The molecule has 4 aromatic carbocycles. The van der Waals surface area contributed by atoms with Crippen molar-refractivity contribution < 1.29 is 101 Å². The molecule has 0 bridgehead atoms. The van der Waals surface area contributed by atoms with E-state index in [-0.39, 0.29) is 82.7 Å². The van der Waals surface area contributed by atoms with Crippen LogP contribution in [0, 0.1) is 0 Å². The van der Waals surface area contributed by atoms with Crippen LogP contribution in [0.15, 0.2) is 142 Å².